The number of ketones is 1. The normalized spacial score (nSPS) is 11.0. The molecule has 29 heavy (non-hydrogen) atoms. The molecule has 0 radical (unpaired) electrons. The molecule has 0 bridgehead atoms. The minimum atomic E-state index is -0.434. The molecule has 0 amide bonds. The Morgan fingerprint density at radius 3 is 2.34 bits per heavy atom. The zero-order chi connectivity index (χ0) is 20.8. The summed E-state index contributed by atoms with van der Waals surface area (Å²) in [6.45, 7) is 1.87. The van der Waals surface area contributed by atoms with E-state index in [1.165, 1.54) is 6.08 Å². The van der Waals surface area contributed by atoms with Gasteiger partial charge in [-0.2, -0.15) is 0 Å². The number of carbonyl (C=O) groups is 2. The van der Waals surface area contributed by atoms with E-state index >= 15 is 0 Å². The molecule has 0 aliphatic heterocycles. The maximum atomic E-state index is 12.6. The Kier molecular flexibility index (Phi) is 7.23. The first-order valence-electron chi connectivity index (χ1n) is 8.96. The number of esters is 1. The highest BCUT2D eigenvalue weighted by molar-refractivity contribution is 9.11. The number of hydrogen-bond acceptors (Lipinski definition) is 4. The van der Waals surface area contributed by atoms with Crippen LogP contribution in [0.4, 0.5) is 0 Å². The van der Waals surface area contributed by atoms with Gasteiger partial charge in [0.1, 0.15) is 5.75 Å². The fourth-order valence-electron chi connectivity index (χ4n) is 2.76. The Hall–Kier alpha value is -2.44. The van der Waals surface area contributed by atoms with E-state index in [-0.39, 0.29) is 12.4 Å². The Morgan fingerprint density at radius 2 is 1.66 bits per heavy atom. The van der Waals surface area contributed by atoms with Gasteiger partial charge in [-0.05, 0) is 79.4 Å². The number of allylic oxidation sites excluding steroid dienone is 1. The molecule has 0 spiro atoms. The second-order valence-corrected chi connectivity index (χ2v) is 7.88. The van der Waals surface area contributed by atoms with Gasteiger partial charge in [-0.3, -0.25) is 4.79 Å². The predicted molar refractivity (Wildman–Crippen MR) is 121 cm³/mol. The molecule has 0 N–H and O–H groups in total. The lowest BCUT2D eigenvalue weighted by atomic mass is 10.0. The standard InChI is InChI=1S/C23H18Br2O4/c1-2-28-22(27)14-29-23-19(24)11-15(12-20(23)25)7-10-21(26)18-9-8-16-5-3-4-6-17(16)13-18/h3-13H,2,14H2,1H3/b10-7-. The molecule has 3 rings (SSSR count). The molecule has 4 nitrogen and oxygen atoms in total. The average molecular weight is 518 g/mol. The largest absolute Gasteiger partial charge is 0.480 e. The molecule has 0 aromatic heterocycles. The van der Waals surface area contributed by atoms with Crippen LogP contribution in [0.5, 0.6) is 5.75 Å². The zero-order valence-corrected chi connectivity index (χ0v) is 18.8. The lowest BCUT2D eigenvalue weighted by molar-refractivity contribution is -0.145. The van der Waals surface area contributed by atoms with E-state index in [1.54, 1.807) is 13.0 Å². The van der Waals surface area contributed by atoms with E-state index in [1.807, 2.05) is 54.6 Å². The van der Waals surface area contributed by atoms with Gasteiger partial charge in [0.2, 0.25) is 0 Å². The predicted octanol–water partition coefficient (Wildman–Crippen LogP) is 6.20. The van der Waals surface area contributed by atoms with Gasteiger partial charge < -0.3 is 9.47 Å². The summed E-state index contributed by atoms with van der Waals surface area (Å²) in [5.41, 5.74) is 1.44. The molecular formula is C23H18Br2O4. The highest BCUT2D eigenvalue weighted by Gasteiger charge is 2.11. The van der Waals surface area contributed by atoms with Crippen LogP contribution in [0.2, 0.25) is 0 Å². The number of rotatable bonds is 7. The number of ether oxygens (including phenoxy) is 2. The van der Waals surface area contributed by atoms with Crippen molar-refractivity contribution in [1.29, 1.82) is 0 Å². The van der Waals surface area contributed by atoms with Crippen molar-refractivity contribution >= 4 is 60.5 Å². The van der Waals surface area contributed by atoms with Crippen LogP contribution in [0.1, 0.15) is 22.8 Å². The molecule has 3 aromatic carbocycles. The van der Waals surface area contributed by atoms with Crippen LogP contribution >= 0.6 is 31.9 Å². The molecule has 0 fully saturated rings. The molecule has 0 saturated heterocycles. The fourth-order valence-corrected chi connectivity index (χ4v) is 4.21. The topological polar surface area (TPSA) is 52.6 Å². The maximum Gasteiger partial charge on any atom is 0.344 e. The number of carbonyl (C=O) groups excluding carboxylic acids is 2. The summed E-state index contributed by atoms with van der Waals surface area (Å²) in [5, 5.41) is 2.12. The Labute approximate surface area is 185 Å². The van der Waals surface area contributed by atoms with Crippen molar-refractivity contribution < 1.29 is 19.1 Å². The van der Waals surface area contributed by atoms with E-state index in [2.05, 4.69) is 31.9 Å². The molecule has 0 atom stereocenters. The van der Waals surface area contributed by atoms with Crippen molar-refractivity contribution in [2.45, 2.75) is 6.92 Å². The SMILES string of the molecule is CCOC(=O)COc1c(Br)cc(/C=C\C(=O)c2ccc3ccccc3c2)cc1Br. The summed E-state index contributed by atoms with van der Waals surface area (Å²) in [6.07, 6.45) is 3.28. The minimum absolute atomic E-state index is 0.0781. The summed E-state index contributed by atoms with van der Waals surface area (Å²) in [5.74, 6) is -0.0158. The summed E-state index contributed by atoms with van der Waals surface area (Å²) in [6, 6.07) is 17.2. The van der Waals surface area contributed by atoms with Gasteiger partial charge in [0, 0.05) is 5.56 Å². The smallest absolute Gasteiger partial charge is 0.344 e. The molecule has 0 heterocycles. The van der Waals surface area contributed by atoms with E-state index in [9.17, 15) is 9.59 Å². The summed E-state index contributed by atoms with van der Waals surface area (Å²) < 4.78 is 11.7. The highest BCUT2D eigenvalue weighted by Crippen LogP contribution is 2.35. The second-order valence-electron chi connectivity index (χ2n) is 6.17. The number of halogens is 2. The third kappa shape index (κ3) is 5.55. The summed E-state index contributed by atoms with van der Waals surface area (Å²) in [7, 11) is 0. The molecule has 0 aliphatic rings. The Bertz CT molecular complexity index is 1070. The number of hydrogen-bond donors (Lipinski definition) is 0. The van der Waals surface area contributed by atoms with Crippen LogP contribution in [0, 0.1) is 0 Å². The molecule has 0 unspecified atom stereocenters. The maximum absolute atomic E-state index is 12.6. The fraction of sp³-hybridized carbons (Fsp3) is 0.130. The van der Waals surface area contributed by atoms with Crippen molar-refractivity contribution in [3.63, 3.8) is 0 Å². The highest BCUT2D eigenvalue weighted by atomic mass is 79.9. The summed E-state index contributed by atoms with van der Waals surface area (Å²) >= 11 is 6.88. The first-order valence-corrected chi connectivity index (χ1v) is 10.5. The molecule has 6 heteroatoms. The molecule has 3 aromatic rings. The molecule has 0 aliphatic carbocycles. The van der Waals surface area contributed by atoms with Crippen LogP contribution in [-0.4, -0.2) is 25.0 Å². The van der Waals surface area contributed by atoms with Crippen molar-refractivity contribution in [2.75, 3.05) is 13.2 Å². The third-order valence-electron chi connectivity index (χ3n) is 4.12. The molecule has 148 valence electrons. The van der Waals surface area contributed by atoms with Crippen molar-refractivity contribution in [1.82, 2.24) is 0 Å². The van der Waals surface area contributed by atoms with Crippen molar-refractivity contribution in [3.05, 3.63) is 80.7 Å². The molecule has 0 saturated carbocycles. The number of fused-ring (bicyclic) bond motifs is 1. The lowest BCUT2D eigenvalue weighted by Crippen LogP contribution is -2.15. The van der Waals surface area contributed by atoms with Crippen molar-refractivity contribution in [3.8, 4) is 5.75 Å². The average Bonchev–Trinajstić information content (AvgIpc) is 2.71. The van der Waals surface area contributed by atoms with Crippen LogP contribution in [0.25, 0.3) is 16.8 Å². The molecular weight excluding hydrogens is 500 g/mol. The van der Waals surface area contributed by atoms with Gasteiger partial charge in [-0.25, -0.2) is 4.79 Å². The summed E-state index contributed by atoms with van der Waals surface area (Å²) in [4.78, 5) is 24.0. The van der Waals surface area contributed by atoms with Crippen LogP contribution in [-0.2, 0) is 9.53 Å². The van der Waals surface area contributed by atoms with Gasteiger partial charge in [0.05, 0.1) is 15.6 Å². The van der Waals surface area contributed by atoms with Gasteiger partial charge >= 0.3 is 5.97 Å². The second kappa shape index (κ2) is 9.85. The Balaban J connectivity index is 1.74. The van der Waals surface area contributed by atoms with Gasteiger partial charge in [-0.1, -0.05) is 42.5 Å². The Morgan fingerprint density at radius 1 is 0.966 bits per heavy atom. The van der Waals surface area contributed by atoms with Gasteiger partial charge in [0.15, 0.2) is 12.4 Å². The van der Waals surface area contributed by atoms with Gasteiger partial charge in [-0.15, -0.1) is 0 Å². The van der Waals surface area contributed by atoms with Crippen LogP contribution in [0.15, 0.2) is 69.6 Å². The van der Waals surface area contributed by atoms with Gasteiger partial charge in [0.25, 0.3) is 0 Å². The van der Waals surface area contributed by atoms with Crippen molar-refractivity contribution in [2.24, 2.45) is 0 Å². The van der Waals surface area contributed by atoms with E-state index in [4.69, 9.17) is 9.47 Å². The first-order chi connectivity index (χ1) is 14.0. The first kappa shape index (κ1) is 21.3. The van der Waals surface area contributed by atoms with E-state index < -0.39 is 5.97 Å². The minimum Gasteiger partial charge on any atom is -0.480 e. The monoisotopic (exact) mass is 516 g/mol. The quantitative estimate of drug-likeness (QED) is 0.212. The third-order valence-corrected chi connectivity index (χ3v) is 5.30. The van der Waals surface area contributed by atoms with Crippen LogP contribution in [0.3, 0.4) is 0 Å². The number of benzene rings is 3. The van der Waals surface area contributed by atoms with E-state index in [0.717, 1.165) is 16.3 Å². The zero-order valence-electron chi connectivity index (χ0n) is 15.7. The van der Waals surface area contributed by atoms with E-state index in [0.29, 0.717) is 26.9 Å². The van der Waals surface area contributed by atoms with Crippen LogP contribution < -0.4 is 4.74 Å². The lowest BCUT2D eigenvalue weighted by Gasteiger charge is -2.10.